The Kier molecular flexibility index (Phi) is 4.48. The molecule has 0 aliphatic heterocycles. The van der Waals surface area contributed by atoms with Crippen molar-refractivity contribution >= 4 is 25.8 Å². The van der Waals surface area contributed by atoms with Crippen LogP contribution in [0.1, 0.15) is 13.8 Å². The van der Waals surface area contributed by atoms with Crippen molar-refractivity contribution in [1.82, 2.24) is 0 Å². The van der Waals surface area contributed by atoms with Gasteiger partial charge in [0.05, 0.1) is 14.6 Å². The molecular formula is C10H11BrF2O3S. The first-order chi connectivity index (χ1) is 7.75. The summed E-state index contributed by atoms with van der Waals surface area (Å²) in [5.74, 6) is -0.193. The van der Waals surface area contributed by atoms with E-state index >= 15 is 0 Å². The Balaban J connectivity index is 3.22. The van der Waals surface area contributed by atoms with Crippen molar-refractivity contribution in [2.24, 2.45) is 0 Å². The molecule has 0 saturated heterocycles. The van der Waals surface area contributed by atoms with E-state index in [1.807, 2.05) is 0 Å². The molecule has 0 amide bonds. The highest BCUT2D eigenvalue weighted by Gasteiger charge is 2.21. The summed E-state index contributed by atoms with van der Waals surface area (Å²) in [6, 6.07) is 3.80. The summed E-state index contributed by atoms with van der Waals surface area (Å²) >= 11 is 3.01. The Morgan fingerprint density at radius 2 is 1.88 bits per heavy atom. The number of sulfone groups is 1. The lowest BCUT2D eigenvalue weighted by Gasteiger charge is -2.11. The minimum absolute atomic E-state index is 0.0358. The van der Waals surface area contributed by atoms with Crippen LogP contribution in [0.5, 0.6) is 5.75 Å². The van der Waals surface area contributed by atoms with Crippen molar-refractivity contribution in [3.8, 4) is 5.75 Å². The van der Waals surface area contributed by atoms with Gasteiger partial charge in [0.2, 0.25) is 0 Å². The van der Waals surface area contributed by atoms with Crippen LogP contribution in [-0.2, 0) is 9.84 Å². The molecule has 0 aromatic heterocycles. The lowest BCUT2D eigenvalue weighted by Crippen LogP contribution is -2.14. The predicted molar refractivity (Wildman–Crippen MR) is 63.1 cm³/mol. The summed E-state index contributed by atoms with van der Waals surface area (Å²) in [6.45, 7) is 0.0408. The molecule has 0 N–H and O–H groups in total. The van der Waals surface area contributed by atoms with Crippen LogP contribution in [0, 0.1) is 0 Å². The number of halogens is 3. The van der Waals surface area contributed by atoms with Crippen LogP contribution < -0.4 is 4.74 Å². The molecule has 0 bridgehead atoms. The Morgan fingerprint density at radius 1 is 1.29 bits per heavy atom. The van der Waals surface area contributed by atoms with E-state index in [1.165, 1.54) is 26.0 Å². The fourth-order valence-electron chi connectivity index (χ4n) is 1.12. The molecule has 0 saturated carbocycles. The van der Waals surface area contributed by atoms with Gasteiger partial charge in [-0.2, -0.15) is 8.78 Å². The third-order valence-electron chi connectivity index (χ3n) is 2.07. The maximum atomic E-state index is 12.1. The van der Waals surface area contributed by atoms with Gasteiger partial charge in [0.1, 0.15) is 5.75 Å². The Labute approximate surface area is 107 Å². The third-order valence-corrected chi connectivity index (χ3v) is 4.88. The van der Waals surface area contributed by atoms with E-state index < -0.39 is 21.7 Å². The van der Waals surface area contributed by atoms with Crippen molar-refractivity contribution in [2.75, 3.05) is 0 Å². The molecule has 0 unspecified atom stereocenters. The molecule has 17 heavy (non-hydrogen) atoms. The second-order valence-corrected chi connectivity index (χ2v) is 6.92. The van der Waals surface area contributed by atoms with Crippen LogP contribution in [0.3, 0.4) is 0 Å². The number of ether oxygens (including phenoxy) is 1. The average molecular weight is 329 g/mol. The van der Waals surface area contributed by atoms with Crippen LogP contribution >= 0.6 is 15.9 Å². The fraction of sp³-hybridized carbons (Fsp3) is 0.400. The Morgan fingerprint density at radius 3 is 2.35 bits per heavy atom. The first kappa shape index (κ1) is 14.4. The summed E-state index contributed by atoms with van der Waals surface area (Å²) in [4.78, 5) is -0.0358. The maximum Gasteiger partial charge on any atom is 0.387 e. The van der Waals surface area contributed by atoms with Crippen molar-refractivity contribution in [3.63, 3.8) is 0 Å². The van der Waals surface area contributed by atoms with E-state index in [-0.39, 0.29) is 15.1 Å². The van der Waals surface area contributed by atoms with Gasteiger partial charge in [0.25, 0.3) is 0 Å². The molecular weight excluding hydrogens is 318 g/mol. The predicted octanol–water partition coefficient (Wildman–Crippen LogP) is 3.23. The largest absolute Gasteiger partial charge is 0.434 e. The molecule has 0 atom stereocenters. The topological polar surface area (TPSA) is 43.4 Å². The number of rotatable bonds is 4. The van der Waals surface area contributed by atoms with Crippen molar-refractivity contribution in [3.05, 3.63) is 22.7 Å². The smallest absolute Gasteiger partial charge is 0.387 e. The summed E-state index contributed by atoms with van der Waals surface area (Å²) in [5.41, 5.74) is 0. The lowest BCUT2D eigenvalue weighted by molar-refractivity contribution is -0.0505. The van der Waals surface area contributed by atoms with Crippen LogP contribution in [0.4, 0.5) is 8.78 Å². The van der Waals surface area contributed by atoms with E-state index in [0.29, 0.717) is 0 Å². The van der Waals surface area contributed by atoms with Crippen LogP contribution in [0.25, 0.3) is 0 Å². The van der Waals surface area contributed by atoms with Gasteiger partial charge in [-0.3, -0.25) is 0 Å². The number of hydrogen-bond acceptors (Lipinski definition) is 3. The van der Waals surface area contributed by atoms with E-state index in [1.54, 1.807) is 0 Å². The quantitative estimate of drug-likeness (QED) is 0.852. The van der Waals surface area contributed by atoms with E-state index in [9.17, 15) is 17.2 Å². The van der Waals surface area contributed by atoms with Gasteiger partial charge in [0.15, 0.2) is 9.84 Å². The summed E-state index contributed by atoms with van der Waals surface area (Å²) < 4.78 is 52.3. The number of benzene rings is 1. The average Bonchev–Trinajstić information content (AvgIpc) is 2.20. The molecule has 1 aromatic carbocycles. The summed E-state index contributed by atoms with van der Waals surface area (Å²) in [5, 5.41) is -0.622. The van der Waals surface area contributed by atoms with Gasteiger partial charge < -0.3 is 4.74 Å². The Bertz CT molecular complexity index is 500. The second kappa shape index (κ2) is 5.30. The fourth-order valence-corrected chi connectivity index (χ4v) is 2.53. The maximum absolute atomic E-state index is 12.1. The Hall–Kier alpha value is -0.690. The van der Waals surface area contributed by atoms with Gasteiger partial charge in [-0.05, 0) is 41.9 Å². The van der Waals surface area contributed by atoms with E-state index in [0.717, 1.165) is 6.07 Å². The zero-order chi connectivity index (χ0) is 13.2. The van der Waals surface area contributed by atoms with Crippen LogP contribution in [0.15, 0.2) is 27.6 Å². The molecule has 0 fully saturated rings. The molecule has 1 aromatic rings. The highest BCUT2D eigenvalue weighted by Crippen LogP contribution is 2.30. The molecule has 7 heteroatoms. The van der Waals surface area contributed by atoms with Crippen molar-refractivity contribution in [2.45, 2.75) is 30.6 Å². The van der Waals surface area contributed by atoms with E-state index in [2.05, 4.69) is 20.7 Å². The van der Waals surface area contributed by atoms with Crippen LogP contribution in [0.2, 0.25) is 0 Å². The highest BCUT2D eigenvalue weighted by atomic mass is 79.9. The zero-order valence-corrected chi connectivity index (χ0v) is 11.6. The first-order valence-electron chi connectivity index (χ1n) is 4.73. The molecule has 0 spiro atoms. The van der Waals surface area contributed by atoms with Gasteiger partial charge in [-0.1, -0.05) is 0 Å². The minimum atomic E-state index is -3.50. The van der Waals surface area contributed by atoms with Gasteiger partial charge in [-0.15, -0.1) is 0 Å². The number of alkyl halides is 2. The molecule has 0 heterocycles. The molecule has 96 valence electrons. The van der Waals surface area contributed by atoms with Gasteiger partial charge in [-0.25, -0.2) is 8.42 Å². The number of hydrogen-bond donors (Lipinski definition) is 0. The molecule has 0 aliphatic carbocycles. The highest BCUT2D eigenvalue weighted by molar-refractivity contribution is 9.10. The zero-order valence-electron chi connectivity index (χ0n) is 9.15. The first-order valence-corrected chi connectivity index (χ1v) is 7.07. The lowest BCUT2D eigenvalue weighted by atomic mass is 10.3. The van der Waals surface area contributed by atoms with E-state index in [4.69, 9.17) is 0 Å². The molecule has 3 nitrogen and oxygen atoms in total. The summed E-state index contributed by atoms with van der Waals surface area (Å²) in [6.07, 6.45) is 0. The minimum Gasteiger partial charge on any atom is -0.434 e. The monoisotopic (exact) mass is 328 g/mol. The van der Waals surface area contributed by atoms with Crippen molar-refractivity contribution in [1.29, 1.82) is 0 Å². The molecule has 0 aliphatic rings. The normalized spacial score (nSPS) is 12.2. The standard InChI is InChI=1S/C10H11BrF2O3S/c1-6(2)17(14,15)7-3-4-8(11)9(5-7)16-10(12)13/h3-6,10H,1-2H3. The molecule has 1 rings (SSSR count). The SMILES string of the molecule is CC(C)S(=O)(=O)c1ccc(Br)c(OC(F)F)c1. The van der Waals surface area contributed by atoms with Crippen molar-refractivity contribution < 1.29 is 21.9 Å². The molecule has 0 radical (unpaired) electrons. The van der Waals surface area contributed by atoms with Gasteiger partial charge >= 0.3 is 6.61 Å². The van der Waals surface area contributed by atoms with Crippen LogP contribution in [-0.4, -0.2) is 20.3 Å². The summed E-state index contributed by atoms with van der Waals surface area (Å²) in [7, 11) is -3.50. The second-order valence-electron chi connectivity index (χ2n) is 3.56. The third kappa shape index (κ3) is 3.38. The van der Waals surface area contributed by atoms with Gasteiger partial charge in [0, 0.05) is 6.07 Å².